The molecule has 0 bridgehead atoms. The van der Waals surface area contributed by atoms with Crippen molar-refractivity contribution in [2.45, 2.75) is 0 Å². The number of likely N-dealkylation sites (N-methyl/N-ethyl adjacent to an activating group) is 1. The van der Waals surface area contributed by atoms with E-state index in [1.807, 2.05) is 12.1 Å². The summed E-state index contributed by atoms with van der Waals surface area (Å²) in [6.07, 6.45) is 3.39. The quantitative estimate of drug-likeness (QED) is 0.395. The van der Waals surface area contributed by atoms with Gasteiger partial charge in [-0.05, 0) is 6.08 Å². The molecule has 0 fully saturated rings. The summed E-state index contributed by atoms with van der Waals surface area (Å²) in [6.45, 7) is 0.910. The molecule has 0 aliphatic carbocycles. The van der Waals surface area contributed by atoms with Crippen molar-refractivity contribution in [1.82, 2.24) is 0 Å². The molecule has 0 saturated heterocycles. The van der Waals surface area contributed by atoms with Gasteiger partial charge in [-0.15, -0.1) is 0 Å². The Bertz CT molecular complexity index is 134. The number of hydrogen-bond donors (Lipinski definition) is 0. The normalized spacial score (nSPS) is 11.8. The molecule has 0 unspecified atom stereocenters. The Morgan fingerprint density at radius 2 is 2.00 bits per heavy atom. The summed E-state index contributed by atoms with van der Waals surface area (Å²) < 4.78 is 0.873. The fourth-order valence-corrected chi connectivity index (χ4v) is 0.422. The molecule has 0 amide bonds. The van der Waals surface area contributed by atoms with Crippen molar-refractivity contribution < 1.29 is 4.48 Å². The van der Waals surface area contributed by atoms with E-state index in [1.54, 1.807) is 0 Å². The van der Waals surface area contributed by atoms with E-state index in [9.17, 15) is 0 Å². The third-order valence-corrected chi connectivity index (χ3v) is 0.846. The van der Waals surface area contributed by atoms with Crippen molar-refractivity contribution in [2.24, 2.45) is 0 Å². The van der Waals surface area contributed by atoms with Crippen LogP contribution in [0.2, 0.25) is 0 Å². The van der Waals surface area contributed by atoms with Gasteiger partial charge in [0.25, 0.3) is 0 Å². The molecular formula is C7H13N2+. The summed E-state index contributed by atoms with van der Waals surface area (Å²) in [6, 6.07) is 1.95. The van der Waals surface area contributed by atoms with Gasteiger partial charge in [0.1, 0.15) is 0 Å². The zero-order chi connectivity index (χ0) is 7.33. The molecule has 0 atom stereocenters. The first-order valence-electron chi connectivity index (χ1n) is 2.91. The average molecular weight is 125 g/mol. The number of rotatable bonds is 2. The molecule has 0 saturated carbocycles. The fraction of sp³-hybridized carbons (Fsp3) is 0.571. The van der Waals surface area contributed by atoms with Gasteiger partial charge in [0.15, 0.2) is 0 Å². The van der Waals surface area contributed by atoms with Gasteiger partial charge < -0.3 is 4.48 Å². The third kappa shape index (κ3) is 7.19. The Morgan fingerprint density at radius 3 is 2.33 bits per heavy atom. The molecule has 0 aromatic carbocycles. The van der Waals surface area contributed by atoms with Crippen LogP contribution < -0.4 is 0 Å². The highest BCUT2D eigenvalue weighted by atomic mass is 15.3. The topological polar surface area (TPSA) is 23.8 Å². The number of nitrogens with zero attached hydrogens (tertiary/aromatic N) is 2. The minimum Gasteiger partial charge on any atom is -0.328 e. The molecule has 0 aromatic rings. The molecular weight excluding hydrogens is 112 g/mol. The highest BCUT2D eigenvalue weighted by molar-refractivity contribution is 5.01. The van der Waals surface area contributed by atoms with Gasteiger partial charge >= 0.3 is 0 Å². The first-order chi connectivity index (χ1) is 4.06. The lowest BCUT2D eigenvalue weighted by Crippen LogP contribution is -2.34. The van der Waals surface area contributed by atoms with Crippen LogP contribution in [-0.2, 0) is 0 Å². The van der Waals surface area contributed by atoms with Crippen molar-refractivity contribution in [3.05, 3.63) is 12.2 Å². The standard InChI is InChI=1S/C7H13N2/c1-9(2,3)7-5-4-6-8/h4-5H,7H2,1-3H3/q+1/b5-4+. The summed E-state index contributed by atoms with van der Waals surface area (Å²) >= 11 is 0. The van der Waals surface area contributed by atoms with Crippen LogP contribution >= 0.6 is 0 Å². The van der Waals surface area contributed by atoms with Crippen LogP contribution in [0.25, 0.3) is 0 Å². The van der Waals surface area contributed by atoms with E-state index in [0.717, 1.165) is 11.0 Å². The van der Waals surface area contributed by atoms with E-state index in [4.69, 9.17) is 5.26 Å². The van der Waals surface area contributed by atoms with Crippen LogP contribution in [-0.4, -0.2) is 32.2 Å². The minimum atomic E-state index is 0.873. The smallest absolute Gasteiger partial charge is 0.0977 e. The first-order valence-corrected chi connectivity index (χ1v) is 2.91. The molecule has 0 radical (unpaired) electrons. The average Bonchev–Trinajstić information content (AvgIpc) is 1.63. The molecule has 0 aromatic heterocycles. The van der Waals surface area contributed by atoms with Crippen molar-refractivity contribution >= 4 is 0 Å². The van der Waals surface area contributed by atoms with Gasteiger partial charge in [-0.1, -0.05) is 0 Å². The number of hydrogen-bond acceptors (Lipinski definition) is 1. The second-order valence-corrected chi connectivity index (χ2v) is 3.00. The number of allylic oxidation sites excluding steroid dienone is 1. The van der Waals surface area contributed by atoms with Crippen LogP contribution in [0.1, 0.15) is 0 Å². The minimum absolute atomic E-state index is 0.873. The van der Waals surface area contributed by atoms with Crippen LogP contribution in [0.15, 0.2) is 12.2 Å². The van der Waals surface area contributed by atoms with E-state index >= 15 is 0 Å². The van der Waals surface area contributed by atoms with Gasteiger partial charge in [-0.2, -0.15) is 5.26 Å². The maximum Gasteiger partial charge on any atom is 0.0977 e. The molecule has 0 heterocycles. The van der Waals surface area contributed by atoms with Crippen LogP contribution in [0.5, 0.6) is 0 Å². The Hall–Kier alpha value is -0.810. The first kappa shape index (κ1) is 8.19. The van der Waals surface area contributed by atoms with Crippen molar-refractivity contribution in [3.8, 4) is 6.07 Å². The molecule has 0 rings (SSSR count). The molecule has 0 spiro atoms. The number of nitriles is 1. The molecule has 2 heteroatoms. The lowest BCUT2D eigenvalue weighted by Gasteiger charge is -2.21. The maximum absolute atomic E-state index is 8.12. The van der Waals surface area contributed by atoms with Crippen LogP contribution in [0, 0.1) is 11.3 Å². The van der Waals surface area contributed by atoms with Gasteiger partial charge in [0.2, 0.25) is 0 Å². The predicted octanol–water partition coefficient (Wildman–Crippen LogP) is 0.772. The van der Waals surface area contributed by atoms with E-state index in [0.29, 0.717) is 0 Å². The summed E-state index contributed by atoms with van der Waals surface area (Å²) in [4.78, 5) is 0. The van der Waals surface area contributed by atoms with Gasteiger partial charge in [0, 0.05) is 6.08 Å². The molecule has 50 valence electrons. The second kappa shape index (κ2) is 3.26. The monoisotopic (exact) mass is 125 g/mol. The lowest BCUT2D eigenvalue weighted by atomic mass is 10.4. The fourth-order valence-electron chi connectivity index (χ4n) is 0.422. The van der Waals surface area contributed by atoms with Gasteiger partial charge in [-0.25, -0.2) is 0 Å². The maximum atomic E-state index is 8.12. The summed E-state index contributed by atoms with van der Waals surface area (Å²) in [5, 5.41) is 8.12. The van der Waals surface area contributed by atoms with Crippen LogP contribution in [0.4, 0.5) is 0 Å². The zero-order valence-corrected chi connectivity index (χ0v) is 6.26. The van der Waals surface area contributed by atoms with Crippen molar-refractivity contribution in [3.63, 3.8) is 0 Å². The highest BCUT2D eigenvalue weighted by Gasteiger charge is 2.00. The molecule has 0 aliphatic heterocycles. The zero-order valence-electron chi connectivity index (χ0n) is 6.26. The van der Waals surface area contributed by atoms with E-state index in [-0.39, 0.29) is 0 Å². The third-order valence-electron chi connectivity index (χ3n) is 0.846. The van der Waals surface area contributed by atoms with Gasteiger partial charge in [-0.3, -0.25) is 0 Å². The molecule has 9 heavy (non-hydrogen) atoms. The summed E-state index contributed by atoms with van der Waals surface area (Å²) in [7, 11) is 6.26. The molecule has 0 N–H and O–H groups in total. The van der Waals surface area contributed by atoms with Gasteiger partial charge in [0.05, 0.1) is 33.8 Å². The highest BCUT2D eigenvalue weighted by Crippen LogP contribution is 1.88. The predicted molar refractivity (Wildman–Crippen MR) is 37.7 cm³/mol. The summed E-state index contributed by atoms with van der Waals surface area (Å²) in [5.74, 6) is 0. The largest absolute Gasteiger partial charge is 0.328 e. The SMILES string of the molecule is C[N+](C)(C)C/C=C/C#N. The lowest BCUT2D eigenvalue weighted by molar-refractivity contribution is -0.864. The Morgan fingerprint density at radius 1 is 1.44 bits per heavy atom. The Labute approximate surface area is 56.6 Å². The van der Waals surface area contributed by atoms with E-state index < -0.39 is 0 Å². The second-order valence-electron chi connectivity index (χ2n) is 3.00. The van der Waals surface area contributed by atoms with Crippen LogP contribution in [0.3, 0.4) is 0 Å². The molecule has 0 aliphatic rings. The Balaban J connectivity index is 3.54. The van der Waals surface area contributed by atoms with Crippen molar-refractivity contribution in [1.29, 1.82) is 5.26 Å². The van der Waals surface area contributed by atoms with E-state index in [2.05, 4.69) is 21.1 Å². The Kier molecular flexibility index (Phi) is 2.97. The number of quaternary nitrogens is 1. The summed E-state index contributed by atoms with van der Waals surface area (Å²) in [5.41, 5.74) is 0. The molecule has 2 nitrogen and oxygen atoms in total. The van der Waals surface area contributed by atoms with E-state index in [1.165, 1.54) is 6.08 Å². The van der Waals surface area contributed by atoms with Crippen molar-refractivity contribution in [2.75, 3.05) is 27.7 Å².